The molecule has 1 aliphatic carbocycles. The minimum atomic E-state index is 0.167. The summed E-state index contributed by atoms with van der Waals surface area (Å²) in [6.07, 6.45) is 2.27. The summed E-state index contributed by atoms with van der Waals surface area (Å²) in [5.74, 6) is 1.68. The highest BCUT2D eigenvalue weighted by atomic mass is 35.5. The second-order valence-electron chi connectivity index (χ2n) is 5.67. The van der Waals surface area contributed by atoms with Gasteiger partial charge in [-0.15, -0.1) is 11.6 Å². The SMILES string of the molecule is CC1(C)CC1C(Cl)c1ccc2c(c1)CCO2. The summed E-state index contributed by atoms with van der Waals surface area (Å²) in [6, 6.07) is 6.42. The summed E-state index contributed by atoms with van der Waals surface area (Å²) in [6.45, 7) is 5.41. The predicted molar refractivity (Wildman–Crippen MR) is 66.1 cm³/mol. The lowest BCUT2D eigenvalue weighted by Gasteiger charge is -2.12. The Morgan fingerprint density at radius 1 is 1.44 bits per heavy atom. The van der Waals surface area contributed by atoms with Crippen LogP contribution in [0.15, 0.2) is 18.2 Å². The van der Waals surface area contributed by atoms with Gasteiger partial charge in [-0.2, -0.15) is 0 Å². The highest BCUT2D eigenvalue weighted by molar-refractivity contribution is 6.21. The van der Waals surface area contributed by atoms with Crippen LogP contribution in [-0.4, -0.2) is 6.61 Å². The smallest absolute Gasteiger partial charge is 0.122 e. The molecule has 2 heteroatoms. The minimum absolute atomic E-state index is 0.167. The van der Waals surface area contributed by atoms with Gasteiger partial charge in [0.1, 0.15) is 5.75 Å². The van der Waals surface area contributed by atoms with E-state index in [4.69, 9.17) is 16.3 Å². The molecule has 3 rings (SSSR count). The zero-order valence-corrected chi connectivity index (χ0v) is 10.6. The van der Waals surface area contributed by atoms with Crippen molar-refractivity contribution in [2.75, 3.05) is 6.61 Å². The average molecular weight is 237 g/mol. The minimum Gasteiger partial charge on any atom is -0.493 e. The highest BCUT2D eigenvalue weighted by Gasteiger charge is 2.50. The predicted octanol–water partition coefficient (Wildman–Crippen LogP) is 3.95. The number of hydrogen-bond donors (Lipinski definition) is 0. The number of hydrogen-bond acceptors (Lipinski definition) is 1. The van der Waals surface area contributed by atoms with Gasteiger partial charge in [-0.25, -0.2) is 0 Å². The van der Waals surface area contributed by atoms with E-state index in [0.717, 1.165) is 18.8 Å². The average Bonchev–Trinajstić information content (AvgIpc) is 2.72. The van der Waals surface area contributed by atoms with E-state index < -0.39 is 0 Å². The Labute approximate surface area is 102 Å². The van der Waals surface area contributed by atoms with Gasteiger partial charge >= 0.3 is 0 Å². The Kier molecular flexibility index (Phi) is 2.22. The van der Waals surface area contributed by atoms with Crippen LogP contribution in [-0.2, 0) is 6.42 Å². The van der Waals surface area contributed by atoms with Crippen LogP contribution in [0.1, 0.15) is 36.8 Å². The van der Waals surface area contributed by atoms with Gasteiger partial charge in [-0.1, -0.05) is 26.0 Å². The Morgan fingerprint density at radius 2 is 2.19 bits per heavy atom. The van der Waals surface area contributed by atoms with E-state index in [0.29, 0.717) is 11.3 Å². The fourth-order valence-corrected chi connectivity index (χ4v) is 3.18. The fraction of sp³-hybridized carbons (Fsp3) is 0.571. The monoisotopic (exact) mass is 236 g/mol. The Balaban J connectivity index is 1.85. The van der Waals surface area contributed by atoms with Crippen molar-refractivity contribution >= 4 is 11.6 Å². The highest BCUT2D eigenvalue weighted by Crippen LogP contribution is 2.60. The first-order valence-corrected chi connectivity index (χ1v) is 6.41. The van der Waals surface area contributed by atoms with Crippen molar-refractivity contribution in [1.29, 1.82) is 0 Å². The number of fused-ring (bicyclic) bond motifs is 1. The van der Waals surface area contributed by atoms with Crippen molar-refractivity contribution in [1.82, 2.24) is 0 Å². The first-order valence-electron chi connectivity index (χ1n) is 5.98. The lowest BCUT2D eigenvalue weighted by atomic mass is 10.00. The molecule has 2 atom stereocenters. The molecule has 1 saturated carbocycles. The maximum absolute atomic E-state index is 6.55. The zero-order valence-electron chi connectivity index (χ0n) is 9.79. The molecule has 16 heavy (non-hydrogen) atoms. The van der Waals surface area contributed by atoms with Gasteiger partial charge in [-0.05, 0) is 34.9 Å². The van der Waals surface area contributed by atoms with Crippen LogP contribution in [0.3, 0.4) is 0 Å². The molecule has 1 aromatic carbocycles. The van der Waals surface area contributed by atoms with E-state index in [9.17, 15) is 0 Å². The number of alkyl halides is 1. The van der Waals surface area contributed by atoms with Gasteiger partial charge in [-0.3, -0.25) is 0 Å². The Bertz CT molecular complexity index is 425. The largest absolute Gasteiger partial charge is 0.493 e. The molecule has 2 aliphatic rings. The fourth-order valence-electron chi connectivity index (χ4n) is 2.62. The van der Waals surface area contributed by atoms with E-state index in [1.807, 2.05) is 0 Å². The van der Waals surface area contributed by atoms with Crippen LogP contribution < -0.4 is 4.74 Å². The molecular formula is C14H17ClO. The maximum Gasteiger partial charge on any atom is 0.122 e. The molecule has 0 amide bonds. The molecule has 1 heterocycles. The topological polar surface area (TPSA) is 9.23 Å². The lowest BCUT2D eigenvalue weighted by molar-refractivity contribution is 0.357. The summed E-state index contributed by atoms with van der Waals surface area (Å²) in [7, 11) is 0. The third-order valence-corrected chi connectivity index (χ3v) is 4.53. The zero-order chi connectivity index (χ0) is 11.3. The molecule has 0 aromatic heterocycles. The van der Waals surface area contributed by atoms with E-state index in [1.54, 1.807) is 0 Å². The van der Waals surface area contributed by atoms with Gasteiger partial charge in [0, 0.05) is 6.42 Å². The normalized spacial score (nSPS) is 27.1. The quantitative estimate of drug-likeness (QED) is 0.707. The van der Waals surface area contributed by atoms with Crippen molar-refractivity contribution in [2.45, 2.75) is 32.1 Å². The van der Waals surface area contributed by atoms with Gasteiger partial charge in [0.25, 0.3) is 0 Å². The molecule has 0 N–H and O–H groups in total. The van der Waals surface area contributed by atoms with E-state index in [-0.39, 0.29) is 5.38 Å². The molecule has 1 aromatic rings. The van der Waals surface area contributed by atoms with Crippen LogP contribution in [0, 0.1) is 11.3 Å². The van der Waals surface area contributed by atoms with Gasteiger partial charge < -0.3 is 4.74 Å². The molecule has 1 fully saturated rings. The molecular weight excluding hydrogens is 220 g/mol. The summed E-state index contributed by atoms with van der Waals surface area (Å²) < 4.78 is 5.51. The first kappa shape index (κ1) is 10.5. The van der Waals surface area contributed by atoms with Crippen LogP contribution >= 0.6 is 11.6 Å². The van der Waals surface area contributed by atoms with Crippen molar-refractivity contribution in [3.63, 3.8) is 0 Å². The van der Waals surface area contributed by atoms with Gasteiger partial charge in [0.15, 0.2) is 0 Å². The van der Waals surface area contributed by atoms with E-state index in [1.165, 1.54) is 17.5 Å². The Morgan fingerprint density at radius 3 is 2.88 bits per heavy atom. The Hall–Kier alpha value is -0.690. The summed E-state index contributed by atoms with van der Waals surface area (Å²) in [5.41, 5.74) is 3.02. The second-order valence-corrected chi connectivity index (χ2v) is 6.14. The summed E-state index contributed by atoms with van der Waals surface area (Å²) in [5, 5.41) is 0.167. The molecule has 0 saturated heterocycles. The third-order valence-electron chi connectivity index (χ3n) is 3.97. The van der Waals surface area contributed by atoms with Gasteiger partial charge in [0.05, 0.1) is 12.0 Å². The molecule has 1 aliphatic heterocycles. The van der Waals surface area contributed by atoms with Crippen molar-refractivity contribution < 1.29 is 4.74 Å². The molecule has 0 spiro atoms. The number of halogens is 1. The van der Waals surface area contributed by atoms with Crippen LogP contribution in [0.4, 0.5) is 0 Å². The summed E-state index contributed by atoms with van der Waals surface area (Å²) in [4.78, 5) is 0. The van der Waals surface area contributed by atoms with Crippen LogP contribution in [0.5, 0.6) is 5.75 Å². The lowest BCUT2D eigenvalue weighted by Crippen LogP contribution is -1.99. The van der Waals surface area contributed by atoms with Crippen molar-refractivity contribution in [3.05, 3.63) is 29.3 Å². The molecule has 86 valence electrons. The van der Waals surface area contributed by atoms with Crippen LogP contribution in [0.25, 0.3) is 0 Å². The molecule has 1 nitrogen and oxygen atoms in total. The first-order chi connectivity index (χ1) is 7.58. The molecule has 0 radical (unpaired) electrons. The second kappa shape index (κ2) is 3.40. The summed E-state index contributed by atoms with van der Waals surface area (Å²) >= 11 is 6.55. The van der Waals surface area contributed by atoms with Crippen molar-refractivity contribution in [2.24, 2.45) is 11.3 Å². The number of benzene rings is 1. The number of ether oxygens (including phenoxy) is 1. The molecule has 2 unspecified atom stereocenters. The van der Waals surface area contributed by atoms with Gasteiger partial charge in [0.2, 0.25) is 0 Å². The van der Waals surface area contributed by atoms with E-state index >= 15 is 0 Å². The maximum atomic E-state index is 6.55. The standard InChI is InChI=1S/C14H17ClO/c1-14(2)8-11(14)13(15)10-3-4-12-9(7-10)5-6-16-12/h3-4,7,11,13H,5-6,8H2,1-2H3. The number of rotatable bonds is 2. The third kappa shape index (κ3) is 1.62. The molecule has 0 bridgehead atoms. The van der Waals surface area contributed by atoms with Crippen molar-refractivity contribution in [3.8, 4) is 5.75 Å². The van der Waals surface area contributed by atoms with E-state index in [2.05, 4.69) is 32.0 Å². The van der Waals surface area contributed by atoms with Crippen LogP contribution in [0.2, 0.25) is 0 Å².